The van der Waals surface area contributed by atoms with E-state index in [0.29, 0.717) is 13.2 Å². The summed E-state index contributed by atoms with van der Waals surface area (Å²) in [6.07, 6.45) is 0. The molecule has 1 radical (unpaired) electrons. The van der Waals surface area contributed by atoms with Gasteiger partial charge in [0.1, 0.15) is 24.7 Å². The zero-order valence-electron chi connectivity index (χ0n) is 9.18. The molecule has 17 heavy (non-hydrogen) atoms. The topological polar surface area (TPSA) is 27.7 Å². The first kappa shape index (κ1) is 10.0. The molecule has 0 saturated carbocycles. The molecule has 0 bridgehead atoms. The van der Waals surface area contributed by atoms with Crippen LogP contribution in [-0.4, -0.2) is 13.2 Å². The van der Waals surface area contributed by atoms with Crippen molar-refractivity contribution in [1.29, 1.82) is 0 Å². The van der Waals surface area contributed by atoms with E-state index in [4.69, 9.17) is 14.2 Å². The summed E-state index contributed by atoms with van der Waals surface area (Å²) in [6, 6.07) is 15.9. The Kier molecular flexibility index (Phi) is 2.58. The van der Waals surface area contributed by atoms with Gasteiger partial charge in [0, 0.05) is 6.07 Å². The van der Waals surface area contributed by atoms with E-state index in [1.165, 1.54) is 0 Å². The Morgan fingerprint density at radius 2 is 1.88 bits per heavy atom. The molecule has 0 amide bonds. The van der Waals surface area contributed by atoms with Crippen molar-refractivity contribution in [1.82, 2.24) is 0 Å². The van der Waals surface area contributed by atoms with Crippen LogP contribution in [0, 0.1) is 6.07 Å². The Balaban J connectivity index is 1.84. The lowest BCUT2D eigenvalue weighted by molar-refractivity contribution is 0.171. The summed E-state index contributed by atoms with van der Waals surface area (Å²) < 4.78 is 16.6. The van der Waals surface area contributed by atoms with Crippen LogP contribution in [0.2, 0.25) is 0 Å². The minimum absolute atomic E-state index is 0.579. The van der Waals surface area contributed by atoms with E-state index in [1.807, 2.05) is 36.4 Å². The van der Waals surface area contributed by atoms with Gasteiger partial charge < -0.3 is 14.2 Å². The van der Waals surface area contributed by atoms with Crippen molar-refractivity contribution in [3.05, 3.63) is 48.5 Å². The van der Waals surface area contributed by atoms with Crippen LogP contribution in [-0.2, 0) is 0 Å². The lowest BCUT2D eigenvalue weighted by atomic mass is 10.3. The largest absolute Gasteiger partial charge is 0.486 e. The van der Waals surface area contributed by atoms with Crippen molar-refractivity contribution in [3.8, 4) is 23.0 Å². The average Bonchev–Trinajstić information content (AvgIpc) is 2.40. The molecule has 3 heteroatoms. The third-order valence-corrected chi connectivity index (χ3v) is 2.43. The predicted molar refractivity (Wildman–Crippen MR) is 62.8 cm³/mol. The average molecular weight is 227 g/mol. The van der Waals surface area contributed by atoms with Crippen molar-refractivity contribution in [2.24, 2.45) is 0 Å². The molecule has 0 N–H and O–H groups in total. The number of hydrogen-bond donors (Lipinski definition) is 0. The summed E-state index contributed by atoms with van der Waals surface area (Å²) in [5.74, 6) is 2.98. The smallest absolute Gasteiger partial charge is 0.165 e. The van der Waals surface area contributed by atoms with Crippen molar-refractivity contribution < 1.29 is 14.2 Å². The van der Waals surface area contributed by atoms with Gasteiger partial charge in [-0.05, 0) is 30.3 Å². The Morgan fingerprint density at radius 3 is 2.71 bits per heavy atom. The number of rotatable bonds is 2. The standard InChI is InChI=1S/C14H11O3/c1-2-4-11(5-3-1)17-12-6-7-13-14(10-12)16-9-8-15-13/h1-2,4-7,10H,8-9H2. The summed E-state index contributed by atoms with van der Waals surface area (Å²) in [7, 11) is 0. The molecule has 3 rings (SSSR count). The first-order valence-corrected chi connectivity index (χ1v) is 5.45. The van der Waals surface area contributed by atoms with Gasteiger partial charge in [0.15, 0.2) is 11.5 Å². The first-order chi connectivity index (χ1) is 8.42. The number of fused-ring (bicyclic) bond motifs is 1. The van der Waals surface area contributed by atoms with Gasteiger partial charge in [0.05, 0.1) is 0 Å². The van der Waals surface area contributed by atoms with Crippen LogP contribution in [0.15, 0.2) is 42.5 Å². The summed E-state index contributed by atoms with van der Waals surface area (Å²) in [5, 5.41) is 0. The van der Waals surface area contributed by atoms with E-state index in [-0.39, 0.29) is 0 Å². The zero-order valence-corrected chi connectivity index (χ0v) is 9.18. The first-order valence-electron chi connectivity index (χ1n) is 5.45. The third kappa shape index (κ3) is 2.18. The third-order valence-electron chi connectivity index (χ3n) is 2.43. The van der Waals surface area contributed by atoms with Gasteiger partial charge in [0.25, 0.3) is 0 Å². The van der Waals surface area contributed by atoms with Crippen molar-refractivity contribution in [2.45, 2.75) is 0 Å². The van der Waals surface area contributed by atoms with Gasteiger partial charge in [-0.2, -0.15) is 0 Å². The maximum atomic E-state index is 5.68. The highest BCUT2D eigenvalue weighted by Crippen LogP contribution is 2.35. The molecule has 1 aliphatic rings. The number of ether oxygens (including phenoxy) is 3. The highest BCUT2D eigenvalue weighted by atomic mass is 16.6. The number of hydrogen-bond acceptors (Lipinski definition) is 3. The minimum atomic E-state index is 0.579. The lowest BCUT2D eigenvalue weighted by Gasteiger charge is -2.18. The maximum Gasteiger partial charge on any atom is 0.165 e. The van der Waals surface area contributed by atoms with Crippen LogP contribution in [0.5, 0.6) is 23.0 Å². The lowest BCUT2D eigenvalue weighted by Crippen LogP contribution is -2.15. The van der Waals surface area contributed by atoms with Crippen LogP contribution >= 0.6 is 0 Å². The summed E-state index contributed by atoms with van der Waals surface area (Å²) in [4.78, 5) is 0. The Bertz CT molecular complexity index is 508. The molecule has 0 aromatic heterocycles. The molecule has 2 aromatic carbocycles. The van der Waals surface area contributed by atoms with Crippen LogP contribution in [0.4, 0.5) is 0 Å². The van der Waals surface area contributed by atoms with Gasteiger partial charge in [0.2, 0.25) is 0 Å². The van der Waals surface area contributed by atoms with E-state index in [1.54, 1.807) is 6.07 Å². The number of benzene rings is 2. The quantitative estimate of drug-likeness (QED) is 0.789. The summed E-state index contributed by atoms with van der Waals surface area (Å²) in [6.45, 7) is 1.18. The molecular weight excluding hydrogens is 216 g/mol. The summed E-state index contributed by atoms with van der Waals surface area (Å²) >= 11 is 0. The molecule has 1 aliphatic heterocycles. The highest BCUT2D eigenvalue weighted by Gasteiger charge is 2.12. The van der Waals surface area contributed by atoms with Gasteiger partial charge in [-0.3, -0.25) is 0 Å². The molecule has 0 aliphatic carbocycles. The second-order valence-corrected chi connectivity index (χ2v) is 3.65. The van der Waals surface area contributed by atoms with Crippen molar-refractivity contribution >= 4 is 0 Å². The second kappa shape index (κ2) is 4.37. The van der Waals surface area contributed by atoms with Crippen molar-refractivity contribution in [2.75, 3.05) is 13.2 Å². The van der Waals surface area contributed by atoms with Crippen LogP contribution in [0.3, 0.4) is 0 Å². The Hall–Kier alpha value is -2.16. The molecule has 2 aromatic rings. The maximum absolute atomic E-state index is 5.68. The zero-order chi connectivity index (χ0) is 11.5. The molecule has 3 nitrogen and oxygen atoms in total. The van der Waals surface area contributed by atoms with Crippen LogP contribution in [0.25, 0.3) is 0 Å². The Morgan fingerprint density at radius 1 is 1.00 bits per heavy atom. The fourth-order valence-electron chi connectivity index (χ4n) is 1.66. The second-order valence-electron chi connectivity index (χ2n) is 3.65. The molecule has 1 heterocycles. The molecule has 0 fully saturated rings. The van der Waals surface area contributed by atoms with E-state index in [0.717, 1.165) is 23.0 Å². The van der Waals surface area contributed by atoms with Gasteiger partial charge >= 0.3 is 0 Å². The van der Waals surface area contributed by atoms with Gasteiger partial charge in [-0.1, -0.05) is 12.1 Å². The molecule has 85 valence electrons. The SMILES string of the molecule is [c]1cccc(Oc2ccc3c(c2)OCCO3)c1. The fraction of sp³-hybridized carbons (Fsp3) is 0.143. The van der Waals surface area contributed by atoms with Gasteiger partial charge in [-0.15, -0.1) is 0 Å². The van der Waals surface area contributed by atoms with Crippen molar-refractivity contribution in [3.63, 3.8) is 0 Å². The molecule has 0 spiro atoms. The predicted octanol–water partition coefficient (Wildman–Crippen LogP) is 3.05. The van der Waals surface area contributed by atoms with Crippen LogP contribution in [0.1, 0.15) is 0 Å². The van der Waals surface area contributed by atoms with E-state index >= 15 is 0 Å². The fourth-order valence-corrected chi connectivity index (χ4v) is 1.66. The molecule has 0 saturated heterocycles. The van der Waals surface area contributed by atoms with E-state index in [9.17, 15) is 0 Å². The van der Waals surface area contributed by atoms with Crippen LogP contribution < -0.4 is 14.2 Å². The molecule has 0 atom stereocenters. The van der Waals surface area contributed by atoms with E-state index in [2.05, 4.69) is 6.07 Å². The highest BCUT2D eigenvalue weighted by molar-refractivity contribution is 5.47. The minimum Gasteiger partial charge on any atom is -0.486 e. The normalized spacial score (nSPS) is 13.2. The van der Waals surface area contributed by atoms with E-state index < -0.39 is 0 Å². The summed E-state index contributed by atoms with van der Waals surface area (Å²) in [5.41, 5.74) is 0. The molecular formula is C14H11O3. The van der Waals surface area contributed by atoms with Gasteiger partial charge in [-0.25, -0.2) is 0 Å². The molecule has 0 unspecified atom stereocenters. The monoisotopic (exact) mass is 227 g/mol. The Labute approximate surface area is 99.6 Å².